The molecule has 0 aliphatic carbocycles. The normalized spacial score (nSPS) is 12.0. The average Bonchev–Trinajstić information content (AvgIpc) is 4.35. The van der Waals surface area contributed by atoms with Crippen LogP contribution in [-0.2, 0) is 59.4 Å². The van der Waals surface area contributed by atoms with E-state index in [0.717, 1.165) is 0 Å². The number of aromatic nitrogens is 8. The molecule has 4 heterocycles. The van der Waals surface area contributed by atoms with Gasteiger partial charge in [0.1, 0.15) is 17.6 Å². The lowest BCUT2D eigenvalue weighted by molar-refractivity contribution is -0.122. The molecule has 27 heteroatoms. The lowest BCUT2D eigenvalue weighted by atomic mass is 10.1. The molecule has 0 aliphatic rings. The molecule has 79 heavy (non-hydrogen) atoms. The van der Waals surface area contributed by atoms with Crippen molar-refractivity contribution < 1.29 is 62.6 Å². The van der Waals surface area contributed by atoms with Crippen LogP contribution in [0.5, 0.6) is 0 Å². The Kier molecular flexibility index (Phi) is 24.2. The van der Waals surface area contributed by atoms with E-state index in [1.54, 1.807) is 71.7 Å². The number of primary amides is 2. The molecule has 0 radical (unpaired) electrons. The number of aryl methyl sites for hydroxylation is 6. The summed E-state index contributed by atoms with van der Waals surface area (Å²) in [5.74, 6) is -1.90. The second-order valence-electron chi connectivity index (χ2n) is 18.1. The molecule has 10 N–H and O–H groups in total. The maximum Gasteiger partial charge on any atom is 0.276 e. The summed E-state index contributed by atoms with van der Waals surface area (Å²) in [5.41, 5.74) is 15.8. The van der Waals surface area contributed by atoms with Crippen molar-refractivity contribution in [3.63, 3.8) is 0 Å². The third kappa shape index (κ3) is 18.4. The van der Waals surface area contributed by atoms with Gasteiger partial charge < -0.3 is 64.6 Å². The van der Waals surface area contributed by atoms with Gasteiger partial charge in [0, 0.05) is 56.8 Å². The highest BCUT2D eigenvalue weighted by molar-refractivity contribution is 6.04. The zero-order chi connectivity index (χ0) is 56.7. The van der Waals surface area contributed by atoms with Crippen molar-refractivity contribution in [1.29, 1.82) is 0 Å². The Hall–Kier alpha value is -7.21. The molecule has 0 fully saturated rings. The number of rotatable bonds is 38. The van der Waals surface area contributed by atoms with E-state index in [9.17, 15) is 29.1 Å². The summed E-state index contributed by atoms with van der Waals surface area (Å²) in [7, 11) is 0. The van der Waals surface area contributed by atoms with Gasteiger partial charge in [0.25, 0.3) is 11.8 Å². The fraction of sp³-hybridized carbons (Fsp3) is 0.519. The molecular formula is C52H74N14O13. The summed E-state index contributed by atoms with van der Waals surface area (Å²) < 4.78 is 40.6. The predicted octanol–water partition coefficient (Wildman–Crippen LogP) is 1.49. The number of hydrogen-bond acceptors (Lipinski definition) is 18. The van der Waals surface area contributed by atoms with Crippen molar-refractivity contribution in [3.05, 3.63) is 82.4 Å². The van der Waals surface area contributed by atoms with E-state index in [0.29, 0.717) is 130 Å². The van der Waals surface area contributed by atoms with Crippen molar-refractivity contribution in [3.8, 4) is 0 Å². The van der Waals surface area contributed by atoms with Gasteiger partial charge in [-0.15, -0.1) is 0 Å². The Morgan fingerprint density at radius 2 is 1.08 bits per heavy atom. The van der Waals surface area contributed by atoms with Crippen LogP contribution >= 0.6 is 0 Å². The highest BCUT2D eigenvalue weighted by Gasteiger charge is 2.24. The van der Waals surface area contributed by atoms with Crippen LogP contribution in [0.1, 0.15) is 86.2 Å². The number of aliphatic hydroxyl groups is 2. The van der Waals surface area contributed by atoms with Crippen LogP contribution in [-0.4, -0.2) is 183 Å². The summed E-state index contributed by atoms with van der Waals surface area (Å²) in [5, 5.41) is 40.2. The molecule has 5 amide bonds. The number of fused-ring (bicyclic) bond motifs is 2. The minimum Gasteiger partial charge on any atom is -0.394 e. The number of benzene rings is 2. The molecule has 0 spiro atoms. The summed E-state index contributed by atoms with van der Waals surface area (Å²) >= 11 is 0. The summed E-state index contributed by atoms with van der Waals surface area (Å²) in [6.07, 6.45) is -0.843. The second-order valence-corrected chi connectivity index (χ2v) is 18.1. The quantitative estimate of drug-likeness (QED) is 0.0201. The molecular weight excluding hydrogens is 1030 g/mol. The Morgan fingerprint density at radius 1 is 0.620 bits per heavy atom. The molecule has 0 bridgehead atoms. The molecule has 1 unspecified atom stereocenters. The number of amides is 5. The van der Waals surface area contributed by atoms with Gasteiger partial charge in [0.2, 0.25) is 29.6 Å². The van der Waals surface area contributed by atoms with E-state index in [1.165, 1.54) is 0 Å². The van der Waals surface area contributed by atoms with Crippen LogP contribution in [0.4, 0.5) is 11.9 Å². The minimum atomic E-state index is -1.10. The van der Waals surface area contributed by atoms with Crippen molar-refractivity contribution in [1.82, 2.24) is 49.3 Å². The Balaban J connectivity index is 1.07. The average molecular weight is 1100 g/mol. The van der Waals surface area contributed by atoms with Gasteiger partial charge >= 0.3 is 0 Å². The molecule has 6 aromatic rings. The van der Waals surface area contributed by atoms with Crippen LogP contribution < -0.4 is 32.7 Å². The first-order valence-electron chi connectivity index (χ1n) is 26.3. The second kappa shape index (κ2) is 31.4. The monoisotopic (exact) mass is 1100 g/mol. The number of imidazole rings is 2. The van der Waals surface area contributed by atoms with Crippen LogP contribution in [0, 0.1) is 13.8 Å². The number of hydrogen-bond donors (Lipinski definition) is 8. The maximum absolute atomic E-state index is 13.8. The number of carbonyl (C=O) groups is 5. The van der Waals surface area contributed by atoms with E-state index in [2.05, 4.69) is 31.5 Å². The SMILES string of the molecule is CCn1nc(C)cc1C(=O)Nc1nc2cc(C(N)=O)ccc2n1CCC(CCn1c(NC(=O)c2cc(C)nn2CC)nc2cc(C(N)=O)ccc21)OCC(O)NCCOCCOCCOCCOCCC(=O)NCCOCCO. The van der Waals surface area contributed by atoms with Crippen LogP contribution in [0.15, 0.2) is 48.5 Å². The predicted molar refractivity (Wildman–Crippen MR) is 289 cm³/mol. The zero-order valence-electron chi connectivity index (χ0n) is 45.2. The Bertz CT molecular complexity index is 2790. The number of nitrogens with two attached hydrogens (primary N) is 2. The van der Waals surface area contributed by atoms with Gasteiger partial charge in [0.05, 0.1) is 119 Å². The molecule has 0 saturated carbocycles. The number of ether oxygens (including phenoxy) is 6. The molecule has 430 valence electrons. The maximum atomic E-state index is 13.8. The summed E-state index contributed by atoms with van der Waals surface area (Å²) in [6.45, 7) is 12.3. The molecule has 2 aromatic carbocycles. The molecule has 1 atom stereocenters. The number of anilines is 2. The van der Waals surface area contributed by atoms with E-state index in [4.69, 9.17) is 55.0 Å². The van der Waals surface area contributed by atoms with Gasteiger partial charge in [-0.05, 0) is 89.1 Å². The number of carbonyl (C=O) groups excluding carboxylic acids is 5. The Morgan fingerprint density at radius 3 is 1.54 bits per heavy atom. The zero-order valence-corrected chi connectivity index (χ0v) is 45.2. The third-order valence-corrected chi connectivity index (χ3v) is 12.2. The van der Waals surface area contributed by atoms with Crippen molar-refractivity contribution in [2.45, 2.75) is 85.5 Å². The van der Waals surface area contributed by atoms with E-state index in [1.807, 2.05) is 23.0 Å². The first-order chi connectivity index (χ1) is 38.2. The Labute approximate surface area is 456 Å². The summed E-state index contributed by atoms with van der Waals surface area (Å²) in [6, 6.07) is 13.1. The topological polar surface area (TPSA) is 353 Å². The van der Waals surface area contributed by atoms with Crippen molar-refractivity contribution >= 4 is 63.5 Å². The van der Waals surface area contributed by atoms with Crippen molar-refractivity contribution in [2.75, 3.05) is 103 Å². The number of aliphatic hydroxyl groups excluding tert-OH is 2. The van der Waals surface area contributed by atoms with Crippen LogP contribution in [0.2, 0.25) is 0 Å². The first-order valence-corrected chi connectivity index (χ1v) is 26.3. The molecule has 27 nitrogen and oxygen atoms in total. The lowest BCUT2D eigenvalue weighted by Crippen LogP contribution is -2.37. The minimum absolute atomic E-state index is 0.0629. The fourth-order valence-corrected chi connectivity index (χ4v) is 8.36. The lowest BCUT2D eigenvalue weighted by Gasteiger charge is -2.22. The third-order valence-electron chi connectivity index (χ3n) is 12.2. The molecule has 0 saturated heterocycles. The number of nitrogens with one attached hydrogen (secondary N) is 4. The largest absolute Gasteiger partial charge is 0.394 e. The number of nitrogens with zero attached hydrogens (tertiary/aromatic N) is 8. The van der Waals surface area contributed by atoms with Gasteiger partial charge in [-0.2, -0.15) is 10.2 Å². The van der Waals surface area contributed by atoms with E-state index >= 15 is 0 Å². The van der Waals surface area contributed by atoms with E-state index < -0.39 is 36.0 Å². The fourth-order valence-electron chi connectivity index (χ4n) is 8.36. The molecule has 6 rings (SSSR count). The summed E-state index contributed by atoms with van der Waals surface area (Å²) in [4.78, 5) is 73.2. The molecule has 0 aliphatic heterocycles. The first kappa shape index (κ1) is 61.0. The van der Waals surface area contributed by atoms with Crippen LogP contribution in [0.3, 0.4) is 0 Å². The highest BCUT2D eigenvalue weighted by Crippen LogP contribution is 2.26. The van der Waals surface area contributed by atoms with Gasteiger partial charge in [-0.3, -0.25) is 49.3 Å². The molecule has 4 aromatic heterocycles. The smallest absolute Gasteiger partial charge is 0.276 e. The van der Waals surface area contributed by atoms with Gasteiger partial charge in [-0.1, -0.05) is 0 Å². The van der Waals surface area contributed by atoms with Crippen molar-refractivity contribution in [2.24, 2.45) is 11.5 Å². The van der Waals surface area contributed by atoms with E-state index in [-0.39, 0.29) is 81.5 Å². The highest BCUT2D eigenvalue weighted by atomic mass is 16.6. The van der Waals surface area contributed by atoms with Gasteiger partial charge in [-0.25, -0.2) is 9.97 Å². The standard InChI is InChI=1S/C52H74N14O13/c1-5-65-43(29-34(3)61-65)49(72)59-51-57-39-31-36(47(53)70)7-9-41(39)63(51)16-11-38(12-17-64-42-10-8-37(48(54)71)32-40(42)58-52(64)60-50(73)44-30-35(4)62-66(44)6-2)79-33-46(69)56-15-21-76-24-26-78-28-27-77-25-23-74-19-13-45(68)55-14-20-75-22-18-67/h7-10,29-32,38,46,56,67,69H,5-6,11-28,33H2,1-4H3,(H2,53,70)(H2,54,71)(H,55,68)(H,57,59,72)(H,58,60,73). The van der Waals surface area contributed by atoms with Crippen LogP contribution in [0.25, 0.3) is 22.1 Å². The van der Waals surface area contributed by atoms with Gasteiger partial charge in [0.15, 0.2) is 0 Å².